The van der Waals surface area contributed by atoms with E-state index in [2.05, 4.69) is 10.6 Å². The van der Waals surface area contributed by atoms with Gasteiger partial charge in [0.15, 0.2) is 0 Å². The standard InChI is InChI=1S/C19H20N2O2/c1-13-6-9-16(10-7-13)20-18(22)11-8-15-12-14-4-2-3-5-17(14)21-19(15)23/h2-7,9-10,15H,8,11-12H2,1H3,(H,20,22)(H,21,23)/t15-/m0/s1. The maximum Gasteiger partial charge on any atom is 0.227 e. The molecule has 0 radical (unpaired) electrons. The van der Waals surface area contributed by atoms with Crippen molar-refractivity contribution in [2.75, 3.05) is 10.6 Å². The van der Waals surface area contributed by atoms with E-state index in [1.165, 1.54) is 0 Å². The normalized spacial score (nSPS) is 16.4. The third-order valence-corrected chi connectivity index (χ3v) is 4.17. The number of nitrogens with one attached hydrogen (secondary N) is 2. The van der Waals surface area contributed by atoms with Crippen LogP contribution in [-0.4, -0.2) is 11.8 Å². The van der Waals surface area contributed by atoms with Crippen molar-refractivity contribution in [1.29, 1.82) is 0 Å². The van der Waals surface area contributed by atoms with Gasteiger partial charge in [0.25, 0.3) is 0 Å². The van der Waals surface area contributed by atoms with Crippen LogP contribution in [-0.2, 0) is 16.0 Å². The number of amides is 2. The van der Waals surface area contributed by atoms with Crippen LogP contribution >= 0.6 is 0 Å². The predicted octanol–water partition coefficient (Wildman–Crippen LogP) is 3.52. The average molecular weight is 308 g/mol. The Kier molecular flexibility index (Phi) is 4.42. The van der Waals surface area contributed by atoms with Crippen molar-refractivity contribution >= 4 is 23.2 Å². The molecule has 3 rings (SSSR count). The van der Waals surface area contributed by atoms with Gasteiger partial charge in [-0.3, -0.25) is 9.59 Å². The lowest BCUT2D eigenvalue weighted by molar-refractivity contribution is -0.121. The molecule has 2 aromatic rings. The van der Waals surface area contributed by atoms with E-state index in [0.717, 1.165) is 22.5 Å². The van der Waals surface area contributed by atoms with Crippen molar-refractivity contribution < 1.29 is 9.59 Å². The highest BCUT2D eigenvalue weighted by molar-refractivity contribution is 5.96. The zero-order valence-corrected chi connectivity index (χ0v) is 13.1. The Labute approximate surface area is 135 Å². The van der Waals surface area contributed by atoms with E-state index >= 15 is 0 Å². The first-order valence-electron chi connectivity index (χ1n) is 7.87. The monoisotopic (exact) mass is 308 g/mol. The molecule has 4 nitrogen and oxygen atoms in total. The van der Waals surface area contributed by atoms with Crippen molar-refractivity contribution in [2.45, 2.75) is 26.2 Å². The van der Waals surface area contributed by atoms with Crippen molar-refractivity contribution in [1.82, 2.24) is 0 Å². The van der Waals surface area contributed by atoms with E-state index in [1.807, 2.05) is 55.5 Å². The lowest BCUT2D eigenvalue weighted by Gasteiger charge is -2.24. The summed E-state index contributed by atoms with van der Waals surface area (Å²) in [4.78, 5) is 24.2. The lowest BCUT2D eigenvalue weighted by Crippen LogP contribution is -2.30. The molecule has 1 atom stereocenters. The second kappa shape index (κ2) is 6.65. The molecule has 0 saturated heterocycles. The van der Waals surface area contributed by atoms with Gasteiger partial charge in [0.1, 0.15) is 0 Å². The summed E-state index contributed by atoms with van der Waals surface area (Å²) >= 11 is 0. The molecule has 2 N–H and O–H groups in total. The molecular formula is C19H20N2O2. The molecule has 0 aromatic heterocycles. The summed E-state index contributed by atoms with van der Waals surface area (Å²) in [5.41, 5.74) is 3.97. The van der Waals surface area contributed by atoms with Gasteiger partial charge in [-0.05, 0) is 43.5 Å². The summed E-state index contributed by atoms with van der Waals surface area (Å²) in [6, 6.07) is 15.5. The Morgan fingerprint density at radius 1 is 1.17 bits per heavy atom. The summed E-state index contributed by atoms with van der Waals surface area (Å²) in [7, 11) is 0. The number of rotatable bonds is 4. The predicted molar refractivity (Wildman–Crippen MR) is 91.3 cm³/mol. The maximum absolute atomic E-state index is 12.1. The molecule has 1 aliphatic rings. The van der Waals surface area contributed by atoms with Crippen molar-refractivity contribution in [2.24, 2.45) is 5.92 Å². The van der Waals surface area contributed by atoms with E-state index in [1.54, 1.807) is 0 Å². The van der Waals surface area contributed by atoms with Gasteiger partial charge in [0.05, 0.1) is 0 Å². The summed E-state index contributed by atoms with van der Waals surface area (Å²) < 4.78 is 0. The van der Waals surface area contributed by atoms with Gasteiger partial charge in [-0.15, -0.1) is 0 Å². The van der Waals surface area contributed by atoms with Gasteiger partial charge in [-0.25, -0.2) is 0 Å². The molecule has 0 saturated carbocycles. The van der Waals surface area contributed by atoms with Crippen LogP contribution < -0.4 is 10.6 Å². The largest absolute Gasteiger partial charge is 0.326 e. The molecule has 1 heterocycles. The SMILES string of the molecule is Cc1ccc(NC(=O)CC[C@H]2Cc3ccccc3NC2=O)cc1. The highest BCUT2D eigenvalue weighted by Crippen LogP contribution is 2.27. The van der Waals surface area contributed by atoms with Crippen LogP contribution in [0.4, 0.5) is 11.4 Å². The fraction of sp³-hybridized carbons (Fsp3) is 0.263. The molecule has 4 heteroatoms. The Morgan fingerprint density at radius 2 is 1.91 bits per heavy atom. The van der Waals surface area contributed by atoms with Crippen molar-refractivity contribution in [3.8, 4) is 0 Å². The molecule has 0 unspecified atom stereocenters. The number of aryl methyl sites for hydroxylation is 1. The number of para-hydroxylation sites is 1. The zero-order valence-electron chi connectivity index (χ0n) is 13.1. The fourth-order valence-electron chi connectivity index (χ4n) is 2.81. The number of fused-ring (bicyclic) bond motifs is 1. The number of hydrogen-bond donors (Lipinski definition) is 2. The van der Waals surface area contributed by atoms with E-state index in [-0.39, 0.29) is 17.7 Å². The smallest absolute Gasteiger partial charge is 0.227 e. The van der Waals surface area contributed by atoms with E-state index in [0.29, 0.717) is 19.3 Å². The summed E-state index contributed by atoms with van der Waals surface area (Å²) in [6.45, 7) is 2.01. The van der Waals surface area contributed by atoms with Crippen LogP contribution in [0.25, 0.3) is 0 Å². The van der Waals surface area contributed by atoms with Gasteiger partial charge in [0, 0.05) is 23.7 Å². The minimum atomic E-state index is -0.145. The van der Waals surface area contributed by atoms with Gasteiger partial charge < -0.3 is 10.6 Å². The number of carbonyl (C=O) groups is 2. The Hall–Kier alpha value is -2.62. The average Bonchev–Trinajstić information content (AvgIpc) is 2.55. The highest BCUT2D eigenvalue weighted by Gasteiger charge is 2.26. The zero-order chi connectivity index (χ0) is 16.2. The summed E-state index contributed by atoms with van der Waals surface area (Å²) in [5.74, 6) is -0.194. The second-order valence-electron chi connectivity index (χ2n) is 6.00. The van der Waals surface area contributed by atoms with Crippen LogP contribution in [0, 0.1) is 12.8 Å². The molecule has 0 aliphatic carbocycles. The van der Waals surface area contributed by atoms with Crippen LogP contribution in [0.3, 0.4) is 0 Å². The van der Waals surface area contributed by atoms with Crippen molar-refractivity contribution in [3.63, 3.8) is 0 Å². The van der Waals surface area contributed by atoms with Crippen LogP contribution in [0.5, 0.6) is 0 Å². The van der Waals surface area contributed by atoms with Crippen LogP contribution in [0.15, 0.2) is 48.5 Å². The topological polar surface area (TPSA) is 58.2 Å². The minimum absolute atomic E-state index is 0.00633. The van der Waals surface area contributed by atoms with E-state index in [9.17, 15) is 9.59 Å². The third-order valence-electron chi connectivity index (χ3n) is 4.17. The Balaban J connectivity index is 1.55. The highest BCUT2D eigenvalue weighted by atomic mass is 16.2. The van der Waals surface area contributed by atoms with Gasteiger partial charge in [-0.1, -0.05) is 35.9 Å². The van der Waals surface area contributed by atoms with E-state index < -0.39 is 0 Å². The Morgan fingerprint density at radius 3 is 2.70 bits per heavy atom. The quantitative estimate of drug-likeness (QED) is 0.908. The van der Waals surface area contributed by atoms with Gasteiger partial charge in [0.2, 0.25) is 11.8 Å². The van der Waals surface area contributed by atoms with Crippen molar-refractivity contribution in [3.05, 3.63) is 59.7 Å². The molecule has 118 valence electrons. The van der Waals surface area contributed by atoms with E-state index in [4.69, 9.17) is 0 Å². The lowest BCUT2D eigenvalue weighted by atomic mass is 9.89. The molecule has 23 heavy (non-hydrogen) atoms. The number of carbonyl (C=O) groups excluding carboxylic acids is 2. The minimum Gasteiger partial charge on any atom is -0.326 e. The molecule has 0 spiro atoms. The fourth-order valence-corrected chi connectivity index (χ4v) is 2.81. The summed E-state index contributed by atoms with van der Waals surface area (Å²) in [6.07, 6.45) is 1.59. The maximum atomic E-state index is 12.1. The molecular weight excluding hydrogens is 288 g/mol. The summed E-state index contributed by atoms with van der Waals surface area (Å²) in [5, 5.41) is 5.79. The molecule has 2 aromatic carbocycles. The molecule has 0 bridgehead atoms. The van der Waals surface area contributed by atoms with Gasteiger partial charge >= 0.3 is 0 Å². The number of anilines is 2. The molecule has 0 fully saturated rings. The third kappa shape index (κ3) is 3.77. The second-order valence-corrected chi connectivity index (χ2v) is 6.00. The van der Waals surface area contributed by atoms with Crippen LogP contribution in [0.2, 0.25) is 0 Å². The first-order valence-corrected chi connectivity index (χ1v) is 7.87. The van der Waals surface area contributed by atoms with Crippen LogP contribution in [0.1, 0.15) is 24.0 Å². The first kappa shape index (κ1) is 15.3. The first-order chi connectivity index (χ1) is 11.1. The Bertz CT molecular complexity index is 722. The molecule has 2 amide bonds. The molecule has 1 aliphatic heterocycles. The number of hydrogen-bond acceptors (Lipinski definition) is 2. The number of benzene rings is 2. The van der Waals surface area contributed by atoms with Gasteiger partial charge in [-0.2, -0.15) is 0 Å².